The largest absolute Gasteiger partial charge is 1.00 e. The summed E-state index contributed by atoms with van der Waals surface area (Å²) in [6.45, 7) is -1.45. The van der Waals surface area contributed by atoms with Gasteiger partial charge >= 0.3 is 29.6 Å². The summed E-state index contributed by atoms with van der Waals surface area (Å²) in [6.07, 6.45) is -6.39. The van der Waals surface area contributed by atoms with Gasteiger partial charge in [-0.05, 0) is 0 Å². The molecule has 0 spiro atoms. The molecule has 4 unspecified atom stereocenters. The first-order chi connectivity index (χ1) is 5.54. The molecule has 0 aromatic heterocycles. The topological polar surface area (TPSA) is 121 Å². The predicted molar refractivity (Wildman–Crippen MR) is 38.2 cm³/mol. The van der Waals surface area contributed by atoms with E-state index in [9.17, 15) is 0 Å². The van der Waals surface area contributed by atoms with Gasteiger partial charge in [0, 0.05) is 0 Å². The molecular formula is C6H14ClNaO6. The van der Waals surface area contributed by atoms with Crippen LogP contribution in [0.25, 0.3) is 0 Å². The number of aliphatic hydroxyl groups is 6. The van der Waals surface area contributed by atoms with Crippen LogP contribution in [0, 0.1) is 0 Å². The van der Waals surface area contributed by atoms with E-state index in [0.717, 1.165) is 0 Å². The molecule has 6 N–H and O–H groups in total. The molecule has 0 radical (unpaired) electrons. The summed E-state index contributed by atoms with van der Waals surface area (Å²) in [5.74, 6) is 0. The summed E-state index contributed by atoms with van der Waals surface area (Å²) in [7, 11) is 0. The van der Waals surface area contributed by atoms with Crippen molar-refractivity contribution in [3.63, 3.8) is 0 Å². The Kier molecular flexibility index (Phi) is 15.4. The van der Waals surface area contributed by atoms with E-state index in [4.69, 9.17) is 30.6 Å². The van der Waals surface area contributed by atoms with Gasteiger partial charge in [-0.1, -0.05) is 0 Å². The maximum Gasteiger partial charge on any atom is 1.00 e. The van der Waals surface area contributed by atoms with E-state index in [1.807, 2.05) is 0 Å². The molecule has 14 heavy (non-hydrogen) atoms. The Hall–Kier alpha value is 1.05. The van der Waals surface area contributed by atoms with E-state index < -0.39 is 37.6 Å². The second-order valence-electron chi connectivity index (χ2n) is 2.48. The van der Waals surface area contributed by atoms with Gasteiger partial charge in [0.1, 0.15) is 24.4 Å². The quantitative estimate of drug-likeness (QED) is 0.266. The second-order valence-corrected chi connectivity index (χ2v) is 2.48. The third-order valence-electron chi connectivity index (χ3n) is 1.51. The standard InChI is InChI=1S/C6H14O6.ClH.Na/c7-1-3(9)5(11)6(12)4(10)2-8;;/h3-12H,1-2H2;1H;/q;;+1/p-1. The van der Waals surface area contributed by atoms with Crippen LogP contribution in [0.4, 0.5) is 0 Å². The van der Waals surface area contributed by atoms with E-state index in [0.29, 0.717) is 0 Å². The molecule has 0 aliphatic heterocycles. The van der Waals surface area contributed by atoms with Crippen molar-refractivity contribution in [2.45, 2.75) is 24.4 Å². The van der Waals surface area contributed by atoms with Gasteiger partial charge < -0.3 is 43.0 Å². The summed E-state index contributed by atoms with van der Waals surface area (Å²) in [4.78, 5) is 0. The zero-order valence-corrected chi connectivity index (χ0v) is 10.5. The molecule has 0 rings (SSSR count). The normalized spacial score (nSPS) is 18.4. The molecule has 0 aliphatic rings. The summed E-state index contributed by atoms with van der Waals surface area (Å²) in [5.41, 5.74) is 0. The van der Waals surface area contributed by atoms with Crippen molar-refractivity contribution in [2.75, 3.05) is 13.2 Å². The summed E-state index contributed by atoms with van der Waals surface area (Å²) in [5, 5.41) is 52.2. The van der Waals surface area contributed by atoms with Crippen molar-refractivity contribution in [2.24, 2.45) is 0 Å². The molecule has 6 nitrogen and oxygen atoms in total. The Morgan fingerprint density at radius 2 is 0.929 bits per heavy atom. The van der Waals surface area contributed by atoms with Gasteiger partial charge in [0.25, 0.3) is 0 Å². The van der Waals surface area contributed by atoms with Crippen LogP contribution in [-0.4, -0.2) is 68.3 Å². The molecule has 82 valence electrons. The van der Waals surface area contributed by atoms with Gasteiger partial charge in [0.2, 0.25) is 0 Å². The van der Waals surface area contributed by atoms with Crippen molar-refractivity contribution in [1.82, 2.24) is 0 Å². The molecule has 0 aliphatic carbocycles. The summed E-state index contributed by atoms with van der Waals surface area (Å²) >= 11 is 0. The molecule has 4 atom stereocenters. The Balaban J connectivity index is -0.000000605. The molecule has 0 aromatic rings. The SMILES string of the molecule is OCC(O)C(O)C(O)C(O)CO.[Cl-].[Na+]. The monoisotopic (exact) mass is 240 g/mol. The van der Waals surface area contributed by atoms with Gasteiger partial charge in [0.15, 0.2) is 0 Å². The minimum atomic E-state index is -1.67. The van der Waals surface area contributed by atoms with Crippen molar-refractivity contribution in [1.29, 1.82) is 0 Å². The number of rotatable bonds is 5. The van der Waals surface area contributed by atoms with Gasteiger partial charge in [-0.15, -0.1) is 0 Å². The van der Waals surface area contributed by atoms with E-state index in [-0.39, 0.29) is 42.0 Å². The fourth-order valence-corrected chi connectivity index (χ4v) is 0.671. The number of hydrogen-bond donors (Lipinski definition) is 6. The zero-order chi connectivity index (χ0) is 9.72. The third-order valence-corrected chi connectivity index (χ3v) is 1.51. The van der Waals surface area contributed by atoms with Gasteiger partial charge in [-0.2, -0.15) is 0 Å². The summed E-state index contributed by atoms with van der Waals surface area (Å²) in [6, 6.07) is 0. The number of halogens is 1. The molecule has 0 saturated carbocycles. The van der Waals surface area contributed by atoms with Crippen molar-refractivity contribution >= 4 is 0 Å². The Morgan fingerprint density at radius 3 is 1.07 bits per heavy atom. The third kappa shape index (κ3) is 6.52. The summed E-state index contributed by atoms with van der Waals surface area (Å²) < 4.78 is 0. The van der Waals surface area contributed by atoms with Crippen molar-refractivity contribution in [3.05, 3.63) is 0 Å². The first-order valence-electron chi connectivity index (χ1n) is 3.48. The van der Waals surface area contributed by atoms with Crippen LogP contribution in [0.3, 0.4) is 0 Å². The molecule has 8 heteroatoms. The van der Waals surface area contributed by atoms with E-state index >= 15 is 0 Å². The fraction of sp³-hybridized carbons (Fsp3) is 1.00. The Bertz CT molecular complexity index is 115. The smallest absolute Gasteiger partial charge is 1.00 e. The molecule has 0 aromatic carbocycles. The van der Waals surface area contributed by atoms with Gasteiger partial charge in [-0.25, -0.2) is 0 Å². The average molecular weight is 241 g/mol. The van der Waals surface area contributed by atoms with Gasteiger partial charge in [-0.3, -0.25) is 0 Å². The molecule has 0 saturated heterocycles. The van der Waals surface area contributed by atoms with Crippen molar-refractivity contribution < 1.29 is 72.6 Å². The minimum absolute atomic E-state index is 0. The molecule has 0 bridgehead atoms. The minimum Gasteiger partial charge on any atom is -1.00 e. The van der Waals surface area contributed by atoms with Crippen LogP contribution in [0.1, 0.15) is 0 Å². The fourth-order valence-electron chi connectivity index (χ4n) is 0.671. The van der Waals surface area contributed by atoms with Gasteiger partial charge in [0.05, 0.1) is 13.2 Å². The maximum atomic E-state index is 8.96. The van der Waals surface area contributed by atoms with Crippen molar-refractivity contribution in [3.8, 4) is 0 Å². The molecular weight excluding hydrogens is 227 g/mol. The predicted octanol–water partition coefficient (Wildman–Crippen LogP) is -9.58. The van der Waals surface area contributed by atoms with Crippen LogP contribution in [0.5, 0.6) is 0 Å². The first-order valence-corrected chi connectivity index (χ1v) is 3.48. The number of hydrogen-bond acceptors (Lipinski definition) is 6. The molecule has 0 fully saturated rings. The second kappa shape index (κ2) is 10.6. The first kappa shape index (κ1) is 20.5. The average Bonchev–Trinajstić information content (AvgIpc) is 2.12. The van der Waals surface area contributed by atoms with Crippen LogP contribution in [0.15, 0.2) is 0 Å². The van der Waals surface area contributed by atoms with E-state index in [1.165, 1.54) is 0 Å². The molecule has 0 heterocycles. The van der Waals surface area contributed by atoms with Crippen LogP contribution in [-0.2, 0) is 0 Å². The van der Waals surface area contributed by atoms with E-state index in [2.05, 4.69) is 0 Å². The van der Waals surface area contributed by atoms with E-state index in [1.54, 1.807) is 0 Å². The zero-order valence-electron chi connectivity index (χ0n) is 7.78. The maximum absolute atomic E-state index is 8.96. The Morgan fingerprint density at radius 1 is 0.714 bits per heavy atom. The van der Waals surface area contributed by atoms with Crippen LogP contribution in [0.2, 0.25) is 0 Å². The molecule has 0 amide bonds. The number of aliphatic hydroxyl groups excluding tert-OH is 6. The Labute approximate surface area is 110 Å². The van der Waals surface area contributed by atoms with Crippen LogP contribution >= 0.6 is 0 Å². The van der Waals surface area contributed by atoms with Crippen LogP contribution < -0.4 is 42.0 Å².